The van der Waals surface area contributed by atoms with Gasteiger partial charge >= 0.3 is 6.18 Å². The van der Waals surface area contributed by atoms with Gasteiger partial charge in [-0.1, -0.05) is 24.3 Å². The van der Waals surface area contributed by atoms with Crippen LogP contribution in [0.2, 0.25) is 0 Å². The van der Waals surface area contributed by atoms with Gasteiger partial charge in [-0.15, -0.1) is 0 Å². The van der Waals surface area contributed by atoms with Crippen molar-refractivity contribution in [2.45, 2.75) is 12.6 Å². The van der Waals surface area contributed by atoms with Crippen LogP contribution in [0.4, 0.5) is 24.7 Å². The highest BCUT2D eigenvalue weighted by molar-refractivity contribution is 5.68. The van der Waals surface area contributed by atoms with Crippen LogP contribution in [0.25, 0.3) is 0 Å². The van der Waals surface area contributed by atoms with E-state index in [-0.39, 0.29) is 0 Å². The van der Waals surface area contributed by atoms with Gasteiger partial charge in [-0.25, -0.2) is 4.98 Å². The van der Waals surface area contributed by atoms with E-state index in [0.29, 0.717) is 5.82 Å². The van der Waals surface area contributed by atoms with E-state index in [9.17, 15) is 13.2 Å². The van der Waals surface area contributed by atoms with E-state index < -0.39 is 11.7 Å². The first-order chi connectivity index (χ1) is 9.55. The van der Waals surface area contributed by atoms with Crippen LogP contribution in [0, 0.1) is 0 Å². The summed E-state index contributed by atoms with van der Waals surface area (Å²) >= 11 is 0. The smallest absolute Gasteiger partial charge is 0.302 e. The number of halogens is 3. The first-order valence-corrected chi connectivity index (χ1v) is 6.13. The van der Waals surface area contributed by atoms with E-state index in [1.807, 2.05) is 36.5 Å². The number of allylic oxidation sites excluding steroid dienone is 1. The molecule has 1 aliphatic heterocycles. The summed E-state index contributed by atoms with van der Waals surface area (Å²) in [6.07, 6.45) is 1.11. The largest absolute Gasteiger partial charge is 0.417 e. The number of para-hydroxylation sites is 1. The Labute approximate surface area is 114 Å². The van der Waals surface area contributed by atoms with Crippen molar-refractivity contribution in [1.29, 1.82) is 0 Å². The van der Waals surface area contributed by atoms with Crippen molar-refractivity contribution in [3.63, 3.8) is 0 Å². The first-order valence-electron chi connectivity index (χ1n) is 6.13. The molecule has 1 aromatic heterocycles. The molecule has 0 bridgehead atoms. The van der Waals surface area contributed by atoms with Crippen molar-refractivity contribution in [1.82, 2.24) is 4.98 Å². The Bertz CT molecular complexity index is 645. The minimum absolute atomic E-state index is 0.474. The molecule has 5 heteroatoms. The molecular weight excluding hydrogens is 265 g/mol. The molecule has 0 N–H and O–H groups in total. The number of fused-ring (bicyclic) bond motifs is 1. The van der Waals surface area contributed by atoms with E-state index in [4.69, 9.17) is 0 Å². The van der Waals surface area contributed by atoms with Crippen LogP contribution in [-0.2, 0) is 12.6 Å². The van der Waals surface area contributed by atoms with Crippen LogP contribution in [0.3, 0.4) is 0 Å². The third-order valence-electron chi connectivity index (χ3n) is 3.17. The molecule has 0 amide bonds. The SMILES string of the molecule is FC(F)(F)c1ccc(N2C=CCc3ccccc32)nc1. The van der Waals surface area contributed by atoms with Gasteiger partial charge in [0, 0.05) is 12.4 Å². The maximum Gasteiger partial charge on any atom is 0.417 e. The normalized spacial score (nSPS) is 14.2. The molecular formula is C15H11F3N2. The zero-order chi connectivity index (χ0) is 14.2. The molecule has 0 radical (unpaired) electrons. The molecule has 1 aliphatic rings. The molecule has 0 unspecified atom stereocenters. The fourth-order valence-electron chi connectivity index (χ4n) is 2.18. The van der Waals surface area contributed by atoms with Crippen LogP contribution in [-0.4, -0.2) is 4.98 Å². The van der Waals surface area contributed by atoms with E-state index in [1.165, 1.54) is 6.07 Å². The van der Waals surface area contributed by atoms with Crippen molar-refractivity contribution in [2.75, 3.05) is 4.90 Å². The number of hydrogen-bond acceptors (Lipinski definition) is 2. The van der Waals surface area contributed by atoms with E-state index in [1.54, 1.807) is 4.90 Å². The van der Waals surface area contributed by atoms with Crippen molar-refractivity contribution in [2.24, 2.45) is 0 Å². The first kappa shape index (κ1) is 12.7. The van der Waals surface area contributed by atoms with Crippen LogP contribution < -0.4 is 4.90 Å². The lowest BCUT2D eigenvalue weighted by Gasteiger charge is -2.25. The summed E-state index contributed by atoms with van der Waals surface area (Å²) < 4.78 is 37.6. The van der Waals surface area contributed by atoms with Crippen molar-refractivity contribution in [3.05, 3.63) is 66.0 Å². The summed E-state index contributed by atoms with van der Waals surface area (Å²) in [5, 5.41) is 0. The lowest BCUT2D eigenvalue weighted by Crippen LogP contribution is -2.16. The Morgan fingerprint density at radius 1 is 1.05 bits per heavy atom. The Morgan fingerprint density at radius 3 is 2.55 bits per heavy atom. The number of nitrogens with zero attached hydrogens (tertiary/aromatic N) is 2. The van der Waals surface area contributed by atoms with E-state index >= 15 is 0 Å². The lowest BCUT2D eigenvalue weighted by atomic mass is 10.1. The predicted molar refractivity (Wildman–Crippen MR) is 70.7 cm³/mol. The van der Waals surface area contributed by atoms with Gasteiger partial charge in [-0.05, 0) is 30.2 Å². The van der Waals surface area contributed by atoms with Crippen LogP contribution in [0.5, 0.6) is 0 Å². The van der Waals surface area contributed by atoms with Crippen molar-refractivity contribution >= 4 is 11.5 Å². The molecule has 0 saturated carbocycles. The van der Waals surface area contributed by atoms with Gasteiger partial charge < -0.3 is 4.90 Å². The molecule has 102 valence electrons. The molecule has 1 aromatic carbocycles. The number of hydrogen-bond donors (Lipinski definition) is 0. The van der Waals surface area contributed by atoms with Gasteiger partial charge in [-0.3, -0.25) is 0 Å². The number of rotatable bonds is 1. The summed E-state index contributed by atoms with van der Waals surface area (Å²) in [5.74, 6) is 0.474. The molecule has 20 heavy (non-hydrogen) atoms. The Hall–Kier alpha value is -2.30. The molecule has 0 fully saturated rings. The zero-order valence-electron chi connectivity index (χ0n) is 10.4. The van der Waals surface area contributed by atoms with Crippen LogP contribution in [0.15, 0.2) is 54.9 Å². The highest BCUT2D eigenvalue weighted by Crippen LogP contribution is 2.33. The Kier molecular flexibility index (Phi) is 2.97. The fraction of sp³-hybridized carbons (Fsp3) is 0.133. The molecule has 2 heterocycles. The third kappa shape index (κ3) is 2.27. The molecule has 2 aromatic rings. The second kappa shape index (κ2) is 4.67. The lowest BCUT2D eigenvalue weighted by molar-refractivity contribution is -0.137. The monoisotopic (exact) mass is 276 g/mol. The molecule has 0 aliphatic carbocycles. The molecule has 0 saturated heterocycles. The second-order valence-electron chi connectivity index (χ2n) is 4.49. The second-order valence-corrected chi connectivity index (χ2v) is 4.49. The maximum absolute atomic E-state index is 12.5. The molecule has 2 nitrogen and oxygen atoms in total. The van der Waals surface area contributed by atoms with Gasteiger partial charge in [0.1, 0.15) is 5.82 Å². The van der Waals surface area contributed by atoms with Gasteiger partial charge in [0.2, 0.25) is 0 Å². The summed E-state index contributed by atoms with van der Waals surface area (Å²) in [4.78, 5) is 5.71. The van der Waals surface area contributed by atoms with E-state index in [0.717, 1.165) is 29.9 Å². The van der Waals surface area contributed by atoms with Crippen LogP contribution in [0.1, 0.15) is 11.1 Å². The number of pyridine rings is 1. The maximum atomic E-state index is 12.5. The molecule has 0 atom stereocenters. The van der Waals surface area contributed by atoms with Gasteiger partial charge in [-0.2, -0.15) is 13.2 Å². The van der Waals surface area contributed by atoms with Gasteiger partial charge in [0.25, 0.3) is 0 Å². The minimum Gasteiger partial charge on any atom is -0.302 e. The number of aromatic nitrogens is 1. The van der Waals surface area contributed by atoms with Gasteiger partial charge in [0.05, 0.1) is 11.3 Å². The van der Waals surface area contributed by atoms with Crippen molar-refractivity contribution in [3.8, 4) is 0 Å². The zero-order valence-corrected chi connectivity index (χ0v) is 10.4. The van der Waals surface area contributed by atoms with Gasteiger partial charge in [0.15, 0.2) is 0 Å². The summed E-state index contributed by atoms with van der Waals surface area (Å²) in [5.41, 5.74) is 1.33. The minimum atomic E-state index is -4.36. The Balaban J connectivity index is 1.97. The highest BCUT2D eigenvalue weighted by atomic mass is 19.4. The number of benzene rings is 1. The Morgan fingerprint density at radius 2 is 1.85 bits per heavy atom. The van der Waals surface area contributed by atoms with Crippen LogP contribution >= 0.6 is 0 Å². The average Bonchev–Trinajstić information content (AvgIpc) is 2.46. The number of anilines is 2. The molecule has 3 rings (SSSR count). The number of alkyl halides is 3. The average molecular weight is 276 g/mol. The van der Waals surface area contributed by atoms with E-state index in [2.05, 4.69) is 4.98 Å². The summed E-state index contributed by atoms with van der Waals surface area (Å²) in [6, 6.07) is 10.2. The standard InChI is InChI=1S/C15H11F3N2/c16-15(17,18)12-7-8-14(19-10-12)20-9-3-5-11-4-1-2-6-13(11)20/h1-4,6-10H,5H2. The van der Waals surface area contributed by atoms with Crippen molar-refractivity contribution < 1.29 is 13.2 Å². The fourth-order valence-corrected chi connectivity index (χ4v) is 2.18. The quantitative estimate of drug-likeness (QED) is 0.771. The predicted octanol–water partition coefficient (Wildman–Crippen LogP) is 4.31. The third-order valence-corrected chi connectivity index (χ3v) is 3.17. The topological polar surface area (TPSA) is 16.1 Å². The summed E-state index contributed by atoms with van der Waals surface area (Å²) in [6.45, 7) is 0. The summed E-state index contributed by atoms with van der Waals surface area (Å²) in [7, 11) is 0. The molecule has 0 spiro atoms. The highest BCUT2D eigenvalue weighted by Gasteiger charge is 2.31.